The van der Waals surface area contributed by atoms with E-state index in [1.165, 1.54) is 4.31 Å². The van der Waals surface area contributed by atoms with Crippen LogP contribution in [0, 0.1) is 5.92 Å². The Morgan fingerprint density at radius 3 is 2.39 bits per heavy atom. The van der Waals surface area contributed by atoms with E-state index in [0.29, 0.717) is 34.8 Å². The van der Waals surface area contributed by atoms with Gasteiger partial charge in [-0.05, 0) is 35.7 Å². The Morgan fingerprint density at radius 1 is 0.972 bits per heavy atom. The molecule has 0 aromatic heterocycles. The maximum atomic E-state index is 13.4. The van der Waals surface area contributed by atoms with Crippen molar-refractivity contribution in [3.63, 3.8) is 0 Å². The molecule has 0 spiro atoms. The van der Waals surface area contributed by atoms with Crippen molar-refractivity contribution in [2.24, 2.45) is 5.92 Å². The number of hydrogen-bond acceptors (Lipinski definition) is 5. The first-order chi connectivity index (χ1) is 17.2. The minimum absolute atomic E-state index is 0.195. The van der Waals surface area contributed by atoms with Crippen molar-refractivity contribution < 1.29 is 22.7 Å². The summed E-state index contributed by atoms with van der Waals surface area (Å²) in [6.45, 7) is 4.28. The minimum atomic E-state index is -3.82. The highest BCUT2D eigenvalue weighted by Crippen LogP contribution is 2.36. The number of carbonyl (C=O) groups is 2. The number of rotatable bonds is 8. The normalized spacial score (nSPS) is 15.1. The molecule has 0 unspecified atom stereocenters. The Morgan fingerprint density at radius 2 is 1.64 bits per heavy atom. The molecule has 2 N–H and O–H groups in total. The van der Waals surface area contributed by atoms with Gasteiger partial charge >= 0.3 is 0 Å². The smallest absolute Gasteiger partial charge is 0.267 e. The zero-order valence-electron chi connectivity index (χ0n) is 20.2. The van der Waals surface area contributed by atoms with E-state index in [2.05, 4.69) is 10.6 Å². The third-order valence-electron chi connectivity index (χ3n) is 5.66. The number of sulfonamides is 1. The number of anilines is 2. The number of nitrogens with zero attached hydrogens (tertiary/aromatic N) is 1. The average Bonchev–Trinajstić information content (AvgIpc) is 2.87. The lowest BCUT2D eigenvalue weighted by atomic mass is 10.1. The number of benzene rings is 3. The van der Waals surface area contributed by atoms with Crippen LogP contribution in [-0.2, 0) is 20.6 Å². The van der Waals surface area contributed by atoms with Crippen LogP contribution in [0.5, 0.6) is 5.75 Å². The quantitative estimate of drug-likeness (QED) is 0.483. The van der Waals surface area contributed by atoms with E-state index in [9.17, 15) is 18.0 Å². The van der Waals surface area contributed by atoms with Crippen LogP contribution in [0.15, 0.2) is 78.9 Å². The molecule has 2 amide bonds. The summed E-state index contributed by atoms with van der Waals surface area (Å²) in [7, 11) is -3.82. The zero-order chi connectivity index (χ0) is 25.7. The van der Waals surface area contributed by atoms with Gasteiger partial charge in [0.2, 0.25) is 10.0 Å². The number of hydrogen-bond donors (Lipinski definition) is 2. The second-order valence-electron chi connectivity index (χ2n) is 8.99. The summed E-state index contributed by atoms with van der Waals surface area (Å²) in [5.41, 5.74) is 1.66. The summed E-state index contributed by atoms with van der Waals surface area (Å²) in [4.78, 5) is 25.9. The number of nitrogens with one attached hydrogen (secondary N) is 2. The summed E-state index contributed by atoms with van der Waals surface area (Å²) in [6, 6.07) is 22.3. The van der Waals surface area contributed by atoms with Crippen LogP contribution in [0.4, 0.5) is 11.4 Å². The molecular formula is C27H29N3O5S. The van der Waals surface area contributed by atoms with Gasteiger partial charge in [0.15, 0.2) is 6.10 Å². The van der Waals surface area contributed by atoms with Gasteiger partial charge in [0, 0.05) is 6.54 Å². The molecular weight excluding hydrogens is 478 g/mol. The van der Waals surface area contributed by atoms with E-state index in [1.807, 2.05) is 19.9 Å². The molecule has 9 heteroatoms. The van der Waals surface area contributed by atoms with E-state index < -0.39 is 22.0 Å². The molecule has 0 radical (unpaired) electrons. The fourth-order valence-electron chi connectivity index (χ4n) is 3.86. The Hall–Kier alpha value is -3.85. The van der Waals surface area contributed by atoms with Crippen LogP contribution in [0.3, 0.4) is 0 Å². The van der Waals surface area contributed by atoms with Crippen LogP contribution in [0.1, 0.15) is 29.8 Å². The molecule has 3 aromatic rings. The third-order valence-corrected chi connectivity index (χ3v) is 7.37. The van der Waals surface area contributed by atoms with Gasteiger partial charge in [-0.2, -0.15) is 0 Å². The van der Waals surface area contributed by atoms with Crippen LogP contribution in [0.25, 0.3) is 0 Å². The summed E-state index contributed by atoms with van der Waals surface area (Å²) in [5, 5.41) is 5.60. The lowest BCUT2D eigenvalue weighted by Crippen LogP contribution is -2.49. The van der Waals surface area contributed by atoms with E-state index in [1.54, 1.807) is 72.8 Å². The van der Waals surface area contributed by atoms with E-state index in [-0.39, 0.29) is 24.1 Å². The number of ether oxygens (including phenoxy) is 1. The first-order valence-electron chi connectivity index (χ1n) is 11.7. The highest BCUT2D eigenvalue weighted by Gasteiger charge is 2.37. The molecule has 1 heterocycles. The zero-order valence-corrected chi connectivity index (χ0v) is 21.0. The predicted octanol–water partition coefficient (Wildman–Crippen LogP) is 3.81. The average molecular weight is 508 g/mol. The van der Waals surface area contributed by atoms with Crippen molar-refractivity contribution >= 4 is 33.2 Å². The molecule has 0 bridgehead atoms. The van der Waals surface area contributed by atoms with Crippen molar-refractivity contribution in [2.45, 2.75) is 25.7 Å². The molecule has 1 atom stereocenters. The van der Waals surface area contributed by atoms with Crippen LogP contribution in [0.2, 0.25) is 0 Å². The van der Waals surface area contributed by atoms with Crippen molar-refractivity contribution in [3.8, 4) is 5.75 Å². The Labute approximate surface area is 211 Å². The van der Waals surface area contributed by atoms with Gasteiger partial charge in [0.25, 0.3) is 11.8 Å². The van der Waals surface area contributed by atoms with E-state index in [0.717, 1.165) is 0 Å². The lowest BCUT2D eigenvalue weighted by Gasteiger charge is -2.34. The first kappa shape index (κ1) is 25.2. The summed E-state index contributed by atoms with van der Waals surface area (Å²) in [6.07, 6.45) is -1.11. The van der Waals surface area contributed by atoms with Gasteiger partial charge < -0.3 is 15.4 Å². The van der Waals surface area contributed by atoms with Gasteiger partial charge in [-0.3, -0.25) is 13.9 Å². The number of fused-ring (bicyclic) bond motifs is 1. The first-order valence-corrected chi connectivity index (χ1v) is 13.3. The van der Waals surface area contributed by atoms with Gasteiger partial charge in [0.1, 0.15) is 5.75 Å². The minimum Gasteiger partial charge on any atom is -0.476 e. The molecule has 1 aliphatic heterocycles. The Bertz CT molecular complexity index is 1340. The van der Waals surface area contributed by atoms with Gasteiger partial charge in [-0.1, -0.05) is 68.4 Å². The van der Waals surface area contributed by atoms with Crippen LogP contribution in [-0.4, -0.2) is 39.4 Å². The summed E-state index contributed by atoms with van der Waals surface area (Å²) < 4.78 is 33.9. The molecule has 8 nitrogen and oxygen atoms in total. The Kier molecular flexibility index (Phi) is 7.59. The van der Waals surface area contributed by atoms with Crippen molar-refractivity contribution in [1.82, 2.24) is 5.32 Å². The number of amides is 2. The SMILES string of the molecule is CC(C)CNC(=O)c1ccccc1NC(=O)[C@H]1CN(S(=O)(=O)Cc2ccccc2)c2ccccc2O1. The lowest BCUT2D eigenvalue weighted by molar-refractivity contribution is -0.122. The highest BCUT2D eigenvalue weighted by atomic mass is 32.2. The predicted molar refractivity (Wildman–Crippen MR) is 140 cm³/mol. The van der Waals surface area contributed by atoms with Crippen molar-refractivity contribution in [2.75, 3.05) is 22.7 Å². The van der Waals surface area contributed by atoms with E-state index >= 15 is 0 Å². The summed E-state index contributed by atoms with van der Waals surface area (Å²) >= 11 is 0. The fourth-order valence-corrected chi connectivity index (χ4v) is 5.44. The highest BCUT2D eigenvalue weighted by molar-refractivity contribution is 7.92. The molecule has 0 saturated carbocycles. The number of para-hydroxylation sites is 3. The molecule has 1 aliphatic rings. The van der Waals surface area contributed by atoms with Gasteiger partial charge in [-0.25, -0.2) is 8.42 Å². The van der Waals surface area contributed by atoms with Crippen LogP contribution >= 0.6 is 0 Å². The van der Waals surface area contributed by atoms with E-state index in [4.69, 9.17) is 4.74 Å². The maximum absolute atomic E-state index is 13.4. The van der Waals surface area contributed by atoms with Gasteiger partial charge in [-0.15, -0.1) is 0 Å². The van der Waals surface area contributed by atoms with Crippen molar-refractivity contribution in [3.05, 3.63) is 90.0 Å². The second-order valence-corrected chi connectivity index (χ2v) is 10.9. The molecule has 3 aromatic carbocycles. The van der Waals surface area contributed by atoms with Gasteiger partial charge in [0.05, 0.1) is 29.2 Å². The molecule has 4 rings (SSSR count). The molecule has 0 aliphatic carbocycles. The largest absolute Gasteiger partial charge is 0.476 e. The van der Waals surface area contributed by atoms with Crippen molar-refractivity contribution in [1.29, 1.82) is 0 Å². The molecule has 36 heavy (non-hydrogen) atoms. The second kappa shape index (κ2) is 10.8. The molecule has 188 valence electrons. The molecule has 0 fully saturated rings. The fraction of sp³-hybridized carbons (Fsp3) is 0.259. The maximum Gasteiger partial charge on any atom is 0.267 e. The number of carbonyl (C=O) groups excluding carboxylic acids is 2. The van der Waals surface area contributed by atoms with Crippen LogP contribution < -0.4 is 19.7 Å². The Balaban J connectivity index is 1.57. The monoisotopic (exact) mass is 507 g/mol. The molecule has 0 saturated heterocycles. The standard InChI is InChI=1S/C27H29N3O5S/c1-19(2)16-28-26(31)21-12-6-7-13-22(21)29-27(32)25-17-30(23-14-8-9-15-24(23)35-25)36(33,34)18-20-10-4-3-5-11-20/h3-15,19,25H,16-18H2,1-2H3,(H,28,31)(H,29,32)/t25-/m1/s1. The third kappa shape index (κ3) is 5.85. The summed E-state index contributed by atoms with van der Waals surface area (Å²) in [5.74, 6) is -0.496. The topological polar surface area (TPSA) is 105 Å².